The van der Waals surface area contributed by atoms with Gasteiger partial charge in [0, 0.05) is 10.9 Å². The molecule has 0 amide bonds. The molecular weight excluding hydrogens is 266 g/mol. The van der Waals surface area contributed by atoms with Crippen molar-refractivity contribution in [2.24, 2.45) is 0 Å². The summed E-state index contributed by atoms with van der Waals surface area (Å²) in [6.07, 6.45) is 0. The van der Waals surface area contributed by atoms with E-state index in [0.29, 0.717) is 11.6 Å². The highest BCUT2D eigenvalue weighted by molar-refractivity contribution is 7.13. The minimum Gasteiger partial charge on any atom is -0.291 e. The van der Waals surface area contributed by atoms with Crippen molar-refractivity contribution in [3.63, 3.8) is 0 Å². The van der Waals surface area contributed by atoms with Gasteiger partial charge in [0.05, 0.1) is 5.88 Å². The van der Waals surface area contributed by atoms with Crippen molar-refractivity contribution in [2.45, 2.75) is 19.8 Å². The summed E-state index contributed by atoms with van der Waals surface area (Å²) < 4.78 is 0. The number of Topliss-reactive ketones (excluding diaryl/α,β-unsaturated/α-hetero) is 1. The molecule has 0 N–H and O–H groups in total. The Morgan fingerprint density at radius 3 is 2.56 bits per heavy atom. The number of hydrogen-bond donors (Lipinski definition) is 0. The lowest BCUT2D eigenvalue weighted by Crippen LogP contribution is -2.00. The zero-order valence-corrected chi connectivity index (χ0v) is 11.9. The zero-order valence-electron chi connectivity index (χ0n) is 10.3. The molecule has 0 aliphatic carbocycles. The molecule has 0 spiro atoms. The van der Waals surface area contributed by atoms with Gasteiger partial charge in [0.2, 0.25) is 0 Å². The first-order chi connectivity index (χ1) is 8.61. The van der Waals surface area contributed by atoms with Gasteiger partial charge in [-0.05, 0) is 11.5 Å². The van der Waals surface area contributed by atoms with E-state index < -0.39 is 0 Å². The molecule has 0 atom stereocenters. The number of alkyl halides is 1. The van der Waals surface area contributed by atoms with Gasteiger partial charge >= 0.3 is 0 Å². The van der Waals surface area contributed by atoms with Crippen molar-refractivity contribution in [3.05, 3.63) is 40.9 Å². The monoisotopic (exact) mass is 279 g/mol. The number of nitrogens with zero attached hydrogens (tertiary/aromatic N) is 1. The van der Waals surface area contributed by atoms with E-state index in [1.807, 2.05) is 12.1 Å². The summed E-state index contributed by atoms with van der Waals surface area (Å²) in [5.41, 5.74) is 2.79. The van der Waals surface area contributed by atoms with Gasteiger partial charge in [-0.3, -0.25) is 4.79 Å². The Bertz CT molecular complexity index is 545. The van der Waals surface area contributed by atoms with Crippen LogP contribution in [0.5, 0.6) is 0 Å². The molecule has 0 fully saturated rings. The number of hydrogen-bond acceptors (Lipinski definition) is 3. The largest absolute Gasteiger partial charge is 0.291 e. The fourth-order valence-electron chi connectivity index (χ4n) is 1.61. The number of rotatable bonds is 4. The second-order valence-corrected chi connectivity index (χ2v) is 5.50. The minimum atomic E-state index is -0.127. The van der Waals surface area contributed by atoms with Gasteiger partial charge in [0.15, 0.2) is 5.78 Å². The summed E-state index contributed by atoms with van der Waals surface area (Å²) in [6.45, 7) is 4.32. The maximum absolute atomic E-state index is 11.4. The van der Waals surface area contributed by atoms with Gasteiger partial charge in [-0.2, -0.15) is 0 Å². The Labute approximate surface area is 116 Å². The highest BCUT2D eigenvalue weighted by atomic mass is 35.5. The van der Waals surface area contributed by atoms with E-state index in [1.54, 1.807) is 5.38 Å². The van der Waals surface area contributed by atoms with Gasteiger partial charge in [-0.1, -0.05) is 38.1 Å². The van der Waals surface area contributed by atoms with Gasteiger partial charge in [-0.15, -0.1) is 22.9 Å². The third-order valence-corrected chi connectivity index (χ3v) is 3.87. The van der Waals surface area contributed by atoms with E-state index >= 15 is 0 Å². The molecule has 1 heterocycles. The molecule has 0 saturated carbocycles. The number of carbonyl (C=O) groups is 1. The van der Waals surface area contributed by atoms with Gasteiger partial charge in [-0.25, -0.2) is 4.98 Å². The molecule has 1 aromatic heterocycles. The molecule has 0 saturated heterocycles. The van der Waals surface area contributed by atoms with Gasteiger partial charge in [0.1, 0.15) is 10.7 Å². The lowest BCUT2D eigenvalue weighted by Gasteiger charge is -2.05. The first-order valence-electron chi connectivity index (χ1n) is 5.77. The molecule has 0 bridgehead atoms. The van der Waals surface area contributed by atoms with Crippen molar-refractivity contribution in [1.29, 1.82) is 0 Å². The normalized spacial score (nSPS) is 10.9. The summed E-state index contributed by atoms with van der Waals surface area (Å²) in [5.74, 6) is 0.372. The lowest BCUT2D eigenvalue weighted by molar-refractivity contribution is 0.101. The first kappa shape index (κ1) is 13.2. The standard InChI is InChI=1S/C14H14ClNOS/c1-9(2)10-3-5-11(6-4-10)14-16-12(8-18-14)13(17)7-15/h3-6,8-9H,7H2,1-2H3. The van der Waals surface area contributed by atoms with Crippen LogP contribution in [0.15, 0.2) is 29.6 Å². The van der Waals surface area contributed by atoms with Crippen LogP contribution in [-0.2, 0) is 0 Å². The van der Waals surface area contributed by atoms with Crippen LogP contribution in [0.1, 0.15) is 35.8 Å². The average molecular weight is 280 g/mol. The SMILES string of the molecule is CC(C)c1ccc(-c2nc(C(=O)CCl)cs2)cc1. The molecule has 1 aromatic carbocycles. The van der Waals surface area contributed by atoms with E-state index in [1.165, 1.54) is 16.9 Å². The zero-order chi connectivity index (χ0) is 13.1. The molecule has 0 radical (unpaired) electrons. The molecule has 0 aliphatic rings. The number of aromatic nitrogens is 1. The fraction of sp³-hybridized carbons (Fsp3) is 0.286. The molecule has 18 heavy (non-hydrogen) atoms. The number of ketones is 1. The quantitative estimate of drug-likeness (QED) is 0.615. The highest BCUT2D eigenvalue weighted by Gasteiger charge is 2.10. The van der Waals surface area contributed by atoms with Crippen LogP contribution in [0.2, 0.25) is 0 Å². The predicted octanol–water partition coefficient (Wildman–Crippen LogP) is 4.36. The predicted molar refractivity (Wildman–Crippen MR) is 76.7 cm³/mol. The van der Waals surface area contributed by atoms with Crippen molar-refractivity contribution < 1.29 is 4.79 Å². The first-order valence-corrected chi connectivity index (χ1v) is 7.18. The second-order valence-electron chi connectivity index (χ2n) is 4.37. The van der Waals surface area contributed by atoms with Crippen molar-refractivity contribution in [1.82, 2.24) is 4.98 Å². The van der Waals surface area contributed by atoms with Crippen LogP contribution >= 0.6 is 22.9 Å². The van der Waals surface area contributed by atoms with Crippen LogP contribution in [0.3, 0.4) is 0 Å². The molecule has 0 unspecified atom stereocenters. The number of halogens is 1. The van der Waals surface area contributed by atoms with E-state index in [-0.39, 0.29) is 11.7 Å². The maximum atomic E-state index is 11.4. The van der Waals surface area contributed by atoms with Crippen LogP contribution < -0.4 is 0 Å². The third-order valence-electron chi connectivity index (χ3n) is 2.74. The van der Waals surface area contributed by atoms with E-state index in [4.69, 9.17) is 11.6 Å². The minimum absolute atomic E-state index is 0.0184. The molecule has 2 nitrogen and oxygen atoms in total. The summed E-state index contributed by atoms with van der Waals surface area (Å²) in [6, 6.07) is 8.29. The Kier molecular flexibility index (Phi) is 4.15. The van der Waals surface area contributed by atoms with E-state index in [2.05, 4.69) is 31.0 Å². The molecule has 0 aliphatic heterocycles. The Morgan fingerprint density at radius 1 is 1.33 bits per heavy atom. The Hall–Kier alpha value is -1.19. The average Bonchev–Trinajstić information content (AvgIpc) is 2.87. The number of benzene rings is 1. The van der Waals surface area contributed by atoms with E-state index in [9.17, 15) is 4.79 Å². The van der Waals surface area contributed by atoms with Crippen molar-refractivity contribution in [2.75, 3.05) is 5.88 Å². The summed E-state index contributed by atoms with van der Waals surface area (Å²) in [7, 11) is 0. The summed E-state index contributed by atoms with van der Waals surface area (Å²) in [5, 5.41) is 2.62. The van der Waals surface area contributed by atoms with Crippen molar-refractivity contribution >= 4 is 28.7 Å². The number of thiazole rings is 1. The second kappa shape index (κ2) is 5.63. The van der Waals surface area contributed by atoms with Crippen molar-refractivity contribution in [3.8, 4) is 10.6 Å². The highest BCUT2D eigenvalue weighted by Crippen LogP contribution is 2.25. The van der Waals surface area contributed by atoms with Gasteiger partial charge in [0.25, 0.3) is 0 Å². The summed E-state index contributed by atoms with van der Waals surface area (Å²) in [4.78, 5) is 15.7. The Morgan fingerprint density at radius 2 is 2.00 bits per heavy atom. The summed E-state index contributed by atoms with van der Waals surface area (Å²) >= 11 is 6.98. The van der Waals surface area contributed by atoms with Crippen LogP contribution in [0, 0.1) is 0 Å². The fourth-order valence-corrected chi connectivity index (χ4v) is 2.58. The smallest absolute Gasteiger partial charge is 0.196 e. The van der Waals surface area contributed by atoms with Crippen LogP contribution in [-0.4, -0.2) is 16.6 Å². The molecule has 94 valence electrons. The molecule has 2 aromatic rings. The topological polar surface area (TPSA) is 30.0 Å². The number of carbonyl (C=O) groups excluding carboxylic acids is 1. The molecule has 2 rings (SSSR count). The molecule has 4 heteroatoms. The van der Waals surface area contributed by atoms with Crippen LogP contribution in [0.25, 0.3) is 10.6 Å². The van der Waals surface area contributed by atoms with Gasteiger partial charge < -0.3 is 0 Å². The van der Waals surface area contributed by atoms with Crippen LogP contribution in [0.4, 0.5) is 0 Å². The lowest BCUT2D eigenvalue weighted by atomic mass is 10.0. The Balaban J connectivity index is 2.26. The third kappa shape index (κ3) is 2.79. The molecular formula is C14H14ClNOS. The van der Waals surface area contributed by atoms with E-state index in [0.717, 1.165) is 10.6 Å². The maximum Gasteiger partial charge on any atom is 0.196 e.